The van der Waals surface area contributed by atoms with Gasteiger partial charge in [-0.2, -0.15) is 0 Å². The van der Waals surface area contributed by atoms with Crippen molar-refractivity contribution in [1.82, 2.24) is 0 Å². The monoisotopic (exact) mass is 309 g/mol. The Labute approximate surface area is 133 Å². The molecule has 116 valence electrons. The lowest BCUT2D eigenvalue weighted by Crippen LogP contribution is -2.43. The van der Waals surface area contributed by atoms with E-state index in [1.807, 2.05) is 30.3 Å². The summed E-state index contributed by atoms with van der Waals surface area (Å²) >= 11 is 0. The second-order valence-electron chi connectivity index (χ2n) is 5.77. The van der Waals surface area contributed by atoms with Crippen LogP contribution in [0.25, 0.3) is 0 Å². The molecule has 2 aromatic rings. The molecule has 1 spiro atoms. The first-order valence-electron chi connectivity index (χ1n) is 7.35. The highest BCUT2D eigenvalue weighted by Gasteiger charge is 2.52. The Bertz CT molecular complexity index is 845. The number of amides is 1. The summed E-state index contributed by atoms with van der Waals surface area (Å²) < 4.78 is 11.0. The van der Waals surface area contributed by atoms with Crippen LogP contribution >= 0.6 is 0 Å². The Morgan fingerprint density at radius 1 is 1.13 bits per heavy atom. The van der Waals surface area contributed by atoms with E-state index in [-0.39, 0.29) is 12.3 Å². The Morgan fingerprint density at radius 2 is 1.91 bits per heavy atom. The minimum Gasteiger partial charge on any atom is -0.497 e. The molecule has 2 aliphatic rings. The molecule has 1 atom stereocenters. The number of ether oxygens (including phenoxy) is 2. The van der Waals surface area contributed by atoms with Gasteiger partial charge in [-0.3, -0.25) is 4.79 Å². The van der Waals surface area contributed by atoms with E-state index in [0.29, 0.717) is 11.3 Å². The number of rotatable bonds is 1. The Balaban J connectivity index is 1.99. The third-order valence-corrected chi connectivity index (χ3v) is 4.62. The fraction of sp³-hybridized carbons (Fsp3) is 0.222. The molecule has 2 aromatic carbocycles. The molecule has 2 heterocycles. The second kappa shape index (κ2) is 4.59. The third kappa shape index (κ3) is 1.73. The molecule has 0 aromatic heterocycles. The van der Waals surface area contributed by atoms with Crippen LogP contribution in [-0.4, -0.2) is 26.0 Å². The number of esters is 1. The molecule has 0 N–H and O–H groups in total. The molecule has 0 saturated carbocycles. The van der Waals surface area contributed by atoms with E-state index in [1.54, 1.807) is 31.2 Å². The predicted octanol–water partition coefficient (Wildman–Crippen LogP) is 2.48. The molecule has 23 heavy (non-hydrogen) atoms. The molecule has 0 radical (unpaired) electrons. The van der Waals surface area contributed by atoms with Crippen molar-refractivity contribution in [2.75, 3.05) is 19.1 Å². The number of hydrogen-bond donors (Lipinski definition) is 0. The van der Waals surface area contributed by atoms with Crippen LogP contribution in [0.4, 0.5) is 5.69 Å². The zero-order valence-electron chi connectivity index (χ0n) is 12.8. The van der Waals surface area contributed by atoms with E-state index in [2.05, 4.69) is 0 Å². The Morgan fingerprint density at radius 3 is 2.70 bits per heavy atom. The highest BCUT2D eigenvalue weighted by molar-refractivity contribution is 6.02. The number of hydrogen-bond acceptors (Lipinski definition) is 4. The van der Waals surface area contributed by atoms with E-state index in [9.17, 15) is 9.59 Å². The van der Waals surface area contributed by atoms with Gasteiger partial charge < -0.3 is 14.4 Å². The number of methoxy groups -OCH3 is 1. The van der Waals surface area contributed by atoms with Crippen molar-refractivity contribution in [1.29, 1.82) is 0 Å². The lowest BCUT2D eigenvalue weighted by atomic mass is 9.79. The lowest BCUT2D eigenvalue weighted by molar-refractivity contribution is -0.123. The summed E-state index contributed by atoms with van der Waals surface area (Å²) in [6, 6.07) is 12.8. The van der Waals surface area contributed by atoms with Gasteiger partial charge in [-0.05, 0) is 18.2 Å². The quantitative estimate of drug-likeness (QED) is 0.759. The van der Waals surface area contributed by atoms with Crippen LogP contribution in [0.3, 0.4) is 0 Å². The van der Waals surface area contributed by atoms with Gasteiger partial charge in [0.15, 0.2) is 5.60 Å². The average molecular weight is 309 g/mol. The summed E-state index contributed by atoms with van der Waals surface area (Å²) in [4.78, 5) is 26.5. The molecule has 5 nitrogen and oxygen atoms in total. The fourth-order valence-electron chi connectivity index (χ4n) is 3.44. The van der Waals surface area contributed by atoms with E-state index < -0.39 is 11.6 Å². The Hall–Kier alpha value is -2.82. The first kappa shape index (κ1) is 13.8. The molecular formula is C18H15NO4. The molecule has 2 aliphatic heterocycles. The molecule has 1 unspecified atom stereocenters. The summed E-state index contributed by atoms with van der Waals surface area (Å²) in [5.74, 6) is 0.0801. The number of fused-ring (bicyclic) bond motifs is 4. The largest absolute Gasteiger partial charge is 0.497 e. The van der Waals surface area contributed by atoms with Crippen LogP contribution < -0.4 is 9.64 Å². The van der Waals surface area contributed by atoms with Gasteiger partial charge in [0.25, 0.3) is 0 Å². The lowest BCUT2D eigenvalue weighted by Gasteiger charge is -2.38. The van der Waals surface area contributed by atoms with Crippen molar-refractivity contribution in [3.8, 4) is 5.75 Å². The zero-order valence-corrected chi connectivity index (χ0v) is 12.8. The third-order valence-electron chi connectivity index (χ3n) is 4.62. The van der Waals surface area contributed by atoms with Crippen LogP contribution in [0.2, 0.25) is 0 Å². The Kier molecular flexibility index (Phi) is 2.75. The van der Waals surface area contributed by atoms with Crippen LogP contribution in [0.5, 0.6) is 5.75 Å². The van der Waals surface area contributed by atoms with Gasteiger partial charge in [-0.15, -0.1) is 0 Å². The standard InChI is InChI=1S/C18H15NO4/c1-19-15-6-4-3-5-14(15)18(10-16(19)20)13-8-7-11(22-2)9-12(13)17(21)23-18/h3-9H,10H2,1-2H3. The summed E-state index contributed by atoms with van der Waals surface area (Å²) in [6.45, 7) is 0. The van der Waals surface area contributed by atoms with E-state index in [1.165, 1.54) is 0 Å². The van der Waals surface area contributed by atoms with Crippen LogP contribution in [-0.2, 0) is 15.1 Å². The minimum absolute atomic E-state index is 0.0832. The van der Waals surface area contributed by atoms with Crippen LogP contribution in [0.1, 0.15) is 27.9 Å². The summed E-state index contributed by atoms with van der Waals surface area (Å²) in [5, 5.41) is 0. The van der Waals surface area contributed by atoms with Gasteiger partial charge in [0.2, 0.25) is 5.91 Å². The first-order chi connectivity index (χ1) is 11.1. The number of para-hydroxylation sites is 1. The highest BCUT2D eigenvalue weighted by atomic mass is 16.6. The summed E-state index contributed by atoms with van der Waals surface area (Å²) in [5.41, 5.74) is 1.73. The van der Waals surface area contributed by atoms with Gasteiger partial charge in [-0.1, -0.05) is 24.3 Å². The molecule has 0 fully saturated rings. The smallest absolute Gasteiger partial charge is 0.339 e. The minimum atomic E-state index is -1.04. The van der Waals surface area contributed by atoms with Crippen molar-refractivity contribution in [3.63, 3.8) is 0 Å². The van der Waals surface area contributed by atoms with Crippen LogP contribution in [0, 0.1) is 0 Å². The SMILES string of the molecule is COc1ccc2c(c1)C(=O)OC21CC(=O)N(C)c2ccccc21. The number of carbonyl (C=O) groups excluding carboxylic acids is 2. The van der Waals surface area contributed by atoms with Crippen molar-refractivity contribution < 1.29 is 19.1 Å². The van der Waals surface area contributed by atoms with Gasteiger partial charge in [0, 0.05) is 18.2 Å². The molecule has 0 saturated heterocycles. The molecule has 0 aliphatic carbocycles. The maximum atomic E-state index is 12.5. The zero-order chi connectivity index (χ0) is 16.2. The van der Waals surface area contributed by atoms with Crippen molar-refractivity contribution in [3.05, 3.63) is 59.2 Å². The summed E-state index contributed by atoms with van der Waals surface area (Å²) in [7, 11) is 3.28. The van der Waals surface area contributed by atoms with Crippen molar-refractivity contribution >= 4 is 17.6 Å². The van der Waals surface area contributed by atoms with Crippen molar-refractivity contribution in [2.45, 2.75) is 12.0 Å². The van der Waals surface area contributed by atoms with Gasteiger partial charge in [0.1, 0.15) is 5.75 Å². The van der Waals surface area contributed by atoms with E-state index in [4.69, 9.17) is 9.47 Å². The van der Waals surface area contributed by atoms with E-state index >= 15 is 0 Å². The number of anilines is 1. The van der Waals surface area contributed by atoms with Crippen molar-refractivity contribution in [2.24, 2.45) is 0 Å². The predicted molar refractivity (Wildman–Crippen MR) is 83.7 cm³/mol. The van der Waals surface area contributed by atoms with E-state index in [0.717, 1.165) is 16.8 Å². The number of nitrogens with zero attached hydrogens (tertiary/aromatic N) is 1. The topological polar surface area (TPSA) is 55.8 Å². The van der Waals surface area contributed by atoms with Crippen LogP contribution in [0.15, 0.2) is 42.5 Å². The van der Waals surface area contributed by atoms with Gasteiger partial charge >= 0.3 is 5.97 Å². The fourth-order valence-corrected chi connectivity index (χ4v) is 3.44. The average Bonchev–Trinajstić information content (AvgIpc) is 2.85. The molecule has 1 amide bonds. The normalized spacial score (nSPS) is 21.9. The molecule has 4 rings (SSSR count). The summed E-state index contributed by atoms with van der Waals surface area (Å²) in [6.07, 6.45) is 0.103. The molecule has 0 bridgehead atoms. The first-order valence-corrected chi connectivity index (χ1v) is 7.35. The number of carbonyl (C=O) groups is 2. The maximum absolute atomic E-state index is 12.5. The van der Waals surface area contributed by atoms with Gasteiger partial charge in [0.05, 0.1) is 24.8 Å². The molecule has 5 heteroatoms. The number of benzene rings is 2. The second-order valence-corrected chi connectivity index (χ2v) is 5.77. The maximum Gasteiger partial charge on any atom is 0.339 e. The highest BCUT2D eigenvalue weighted by Crippen LogP contribution is 2.50. The van der Waals surface area contributed by atoms with Gasteiger partial charge in [-0.25, -0.2) is 4.79 Å². The molecular weight excluding hydrogens is 294 g/mol.